The first-order valence-electron chi connectivity index (χ1n) is 7.62. The van der Waals surface area contributed by atoms with E-state index in [2.05, 4.69) is 25.7 Å². The molecule has 20 heavy (non-hydrogen) atoms. The van der Waals surface area contributed by atoms with Crippen molar-refractivity contribution < 1.29 is 9.13 Å². The average Bonchev–Trinajstić information content (AvgIpc) is 2.40. The van der Waals surface area contributed by atoms with Crippen molar-refractivity contribution in [2.24, 2.45) is 0 Å². The summed E-state index contributed by atoms with van der Waals surface area (Å²) >= 11 is 0. The van der Waals surface area contributed by atoms with Gasteiger partial charge in [0, 0.05) is 6.54 Å². The fourth-order valence-corrected chi connectivity index (χ4v) is 2.55. The van der Waals surface area contributed by atoms with Gasteiger partial charge in [-0.3, -0.25) is 4.90 Å². The van der Waals surface area contributed by atoms with Gasteiger partial charge in [0.15, 0.2) is 11.6 Å². The van der Waals surface area contributed by atoms with Gasteiger partial charge < -0.3 is 4.74 Å². The predicted molar refractivity (Wildman–Crippen MR) is 80.9 cm³/mol. The summed E-state index contributed by atoms with van der Waals surface area (Å²) in [5, 5.41) is 0. The van der Waals surface area contributed by atoms with Crippen molar-refractivity contribution >= 4 is 0 Å². The highest BCUT2D eigenvalue weighted by Crippen LogP contribution is 2.27. The van der Waals surface area contributed by atoms with Gasteiger partial charge in [0.25, 0.3) is 0 Å². The van der Waals surface area contributed by atoms with E-state index in [0.717, 1.165) is 25.2 Å². The number of benzene rings is 1. The Hall–Kier alpha value is -1.09. The number of halogens is 1. The highest BCUT2D eigenvalue weighted by molar-refractivity contribution is 5.32. The molecule has 0 amide bonds. The Morgan fingerprint density at radius 2 is 1.85 bits per heavy atom. The van der Waals surface area contributed by atoms with Crippen molar-refractivity contribution in [3.05, 3.63) is 29.6 Å². The Morgan fingerprint density at radius 1 is 1.15 bits per heavy atom. The quantitative estimate of drug-likeness (QED) is 0.826. The second-order valence-corrected chi connectivity index (χ2v) is 6.65. The normalized spacial score (nSPS) is 17.2. The lowest BCUT2D eigenvalue weighted by molar-refractivity contribution is 0.180. The smallest absolute Gasteiger partial charge is 0.165 e. The van der Waals surface area contributed by atoms with Crippen molar-refractivity contribution in [1.29, 1.82) is 0 Å². The summed E-state index contributed by atoms with van der Waals surface area (Å²) in [6, 6.07) is 5.31. The van der Waals surface area contributed by atoms with Crippen molar-refractivity contribution in [1.82, 2.24) is 4.90 Å². The Balaban J connectivity index is 1.86. The second-order valence-electron chi connectivity index (χ2n) is 6.65. The molecule has 0 aliphatic carbocycles. The van der Waals surface area contributed by atoms with Crippen LogP contribution >= 0.6 is 0 Å². The largest absolute Gasteiger partial charge is 0.489 e. The van der Waals surface area contributed by atoms with Crippen LogP contribution in [-0.4, -0.2) is 31.1 Å². The van der Waals surface area contributed by atoms with Crippen LogP contribution in [0.4, 0.5) is 4.39 Å². The van der Waals surface area contributed by atoms with Gasteiger partial charge in [0.1, 0.15) is 6.61 Å². The molecule has 1 fully saturated rings. The third-order valence-electron chi connectivity index (χ3n) is 3.91. The third kappa shape index (κ3) is 4.20. The fourth-order valence-electron chi connectivity index (χ4n) is 2.55. The van der Waals surface area contributed by atoms with Crippen LogP contribution in [0.1, 0.15) is 45.6 Å². The van der Waals surface area contributed by atoms with Crippen LogP contribution in [0.5, 0.6) is 5.75 Å². The number of rotatable bonds is 4. The molecule has 1 heterocycles. The molecule has 2 rings (SSSR count). The lowest BCUT2D eigenvalue weighted by Crippen LogP contribution is -2.33. The van der Waals surface area contributed by atoms with E-state index in [1.807, 2.05) is 6.07 Å². The van der Waals surface area contributed by atoms with E-state index < -0.39 is 0 Å². The number of nitrogens with zero attached hydrogens (tertiary/aromatic N) is 1. The summed E-state index contributed by atoms with van der Waals surface area (Å²) in [6.07, 6.45) is 3.88. The average molecular weight is 279 g/mol. The number of likely N-dealkylation sites (tertiary alicyclic amines) is 1. The van der Waals surface area contributed by atoms with Crippen LogP contribution in [0.2, 0.25) is 0 Å². The van der Waals surface area contributed by atoms with E-state index in [9.17, 15) is 4.39 Å². The molecule has 1 aromatic rings. The number of ether oxygens (including phenoxy) is 1. The molecule has 0 radical (unpaired) electrons. The second kappa shape index (κ2) is 6.57. The Labute approximate surface area is 121 Å². The van der Waals surface area contributed by atoms with E-state index in [4.69, 9.17) is 4.74 Å². The lowest BCUT2D eigenvalue weighted by atomic mass is 9.87. The van der Waals surface area contributed by atoms with Crippen molar-refractivity contribution in [2.45, 2.75) is 45.4 Å². The minimum atomic E-state index is -0.254. The van der Waals surface area contributed by atoms with Crippen molar-refractivity contribution in [3.63, 3.8) is 0 Å². The molecule has 0 N–H and O–H groups in total. The van der Waals surface area contributed by atoms with Gasteiger partial charge in [0.05, 0.1) is 0 Å². The highest BCUT2D eigenvalue weighted by Gasteiger charge is 2.16. The maximum Gasteiger partial charge on any atom is 0.165 e. The summed E-state index contributed by atoms with van der Waals surface area (Å²) in [5.74, 6) is 0.117. The first-order valence-corrected chi connectivity index (χ1v) is 7.62. The van der Waals surface area contributed by atoms with Gasteiger partial charge in [-0.05, 0) is 49.0 Å². The zero-order valence-corrected chi connectivity index (χ0v) is 12.9. The van der Waals surface area contributed by atoms with Gasteiger partial charge in [-0.2, -0.15) is 0 Å². The zero-order chi connectivity index (χ0) is 14.6. The lowest BCUT2D eigenvalue weighted by Gasteiger charge is -2.26. The predicted octanol–water partition coefficient (Wildman–Crippen LogP) is 3.99. The zero-order valence-electron chi connectivity index (χ0n) is 12.9. The number of hydrogen-bond acceptors (Lipinski definition) is 2. The molecule has 3 heteroatoms. The van der Waals surface area contributed by atoms with Gasteiger partial charge >= 0.3 is 0 Å². The minimum absolute atomic E-state index is 0.0346. The summed E-state index contributed by atoms with van der Waals surface area (Å²) in [7, 11) is 0. The Morgan fingerprint density at radius 3 is 2.45 bits per heavy atom. The molecule has 2 nitrogen and oxygen atoms in total. The number of piperidine rings is 1. The molecule has 112 valence electrons. The topological polar surface area (TPSA) is 12.5 Å². The molecule has 0 spiro atoms. The van der Waals surface area contributed by atoms with Crippen LogP contribution in [0.15, 0.2) is 18.2 Å². The van der Waals surface area contributed by atoms with E-state index in [1.54, 1.807) is 12.1 Å². The van der Waals surface area contributed by atoms with Gasteiger partial charge in [-0.15, -0.1) is 0 Å². The van der Waals surface area contributed by atoms with E-state index in [-0.39, 0.29) is 11.2 Å². The highest BCUT2D eigenvalue weighted by atomic mass is 19.1. The molecule has 0 unspecified atom stereocenters. The summed E-state index contributed by atoms with van der Waals surface area (Å²) < 4.78 is 19.6. The third-order valence-corrected chi connectivity index (χ3v) is 3.91. The molecule has 0 aromatic heterocycles. The fraction of sp³-hybridized carbons (Fsp3) is 0.647. The molecule has 1 aromatic carbocycles. The first-order chi connectivity index (χ1) is 9.47. The molecule has 0 bridgehead atoms. The number of hydrogen-bond donors (Lipinski definition) is 0. The van der Waals surface area contributed by atoms with Crippen molar-refractivity contribution in [3.8, 4) is 5.75 Å². The van der Waals surface area contributed by atoms with E-state index in [0.29, 0.717) is 12.4 Å². The Kier molecular flexibility index (Phi) is 5.03. The van der Waals surface area contributed by atoms with Crippen LogP contribution in [0.3, 0.4) is 0 Å². The van der Waals surface area contributed by atoms with Gasteiger partial charge in [0.2, 0.25) is 0 Å². The van der Waals surface area contributed by atoms with Crippen LogP contribution in [0.25, 0.3) is 0 Å². The molecular formula is C17H26FNO. The van der Waals surface area contributed by atoms with E-state index >= 15 is 0 Å². The van der Waals surface area contributed by atoms with Crippen LogP contribution in [0, 0.1) is 5.82 Å². The first kappa shape index (κ1) is 15.3. The van der Waals surface area contributed by atoms with Crippen molar-refractivity contribution in [2.75, 3.05) is 26.2 Å². The van der Waals surface area contributed by atoms with Crippen LogP contribution in [-0.2, 0) is 5.41 Å². The summed E-state index contributed by atoms with van der Waals surface area (Å²) in [6.45, 7) is 9.99. The summed E-state index contributed by atoms with van der Waals surface area (Å²) in [5.41, 5.74) is 0.964. The van der Waals surface area contributed by atoms with Crippen LogP contribution < -0.4 is 4.74 Å². The maximum absolute atomic E-state index is 14.0. The molecular weight excluding hydrogens is 253 g/mol. The Bertz CT molecular complexity index is 433. The monoisotopic (exact) mass is 279 g/mol. The summed E-state index contributed by atoms with van der Waals surface area (Å²) in [4.78, 5) is 2.39. The standard InChI is InChI=1S/C17H26FNO/c1-17(2,3)14-7-8-16(15(18)13-14)20-12-11-19-9-5-4-6-10-19/h7-8,13H,4-6,9-12H2,1-3H3. The molecule has 0 atom stereocenters. The van der Waals surface area contributed by atoms with Gasteiger partial charge in [-0.25, -0.2) is 4.39 Å². The molecule has 1 aliphatic rings. The molecule has 1 saturated heterocycles. The maximum atomic E-state index is 14.0. The molecule has 1 aliphatic heterocycles. The van der Waals surface area contributed by atoms with Gasteiger partial charge in [-0.1, -0.05) is 33.3 Å². The molecule has 0 saturated carbocycles. The van der Waals surface area contributed by atoms with E-state index in [1.165, 1.54) is 19.3 Å². The SMILES string of the molecule is CC(C)(C)c1ccc(OCCN2CCCCC2)c(F)c1. The minimum Gasteiger partial charge on any atom is -0.489 e.